The van der Waals surface area contributed by atoms with Crippen LogP contribution < -0.4 is 10.1 Å². The van der Waals surface area contributed by atoms with Crippen molar-refractivity contribution in [3.05, 3.63) is 58.7 Å². The van der Waals surface area contributed by atoms with Crippen LogP contribution in [0.3, 0.4) is 0 Å². The fourth-order valence-corrected chi connectivity index (χ4v) is 2.61. The molecule has 0 aliphatic carbocycles. The first-order chi connectivity index (χ1) is 11.0. The predicted octanol–water partition coefficient (Wildman–Crippen LogP) is 5.59. The normalized spacial score (nSPS) is 10.4. The number of anilines is 1. The molecule has 0 bridgehead atoms. The van der Waals surface area contributed by atoms with Gasteiger partial charge in [0.25, 0.3) is 0 Å². The van der Waals surface area contributed by atoms with Gasteiger partial charge in [0.05, 0.1) is 4.99 Å². The second-order valence-corrected chi connectivity index (χ2v) is 6.25. The molecule has 2 rings (SSSR count). The summed E-state index contributed by atoms with van der Waals surface area (Å²) in [6.07, 6.45) is 1.88. The molecule has 0 aliphatic rings. The molecule has 0 amide bonds. The average molecular weight is 327 g/mol. The van der Waals surface area contributed by atoms with Gasteiger partial charge in [0.1, 0.15) is 12.4 Å². The highest BCUT2D eigenvalue weighted by Crippen LogP contribution is 2.25. The highest BCUT2D eigenvalue weighted by atomic mass is 32.1. The van der Waals surface area contributed by atoms with E-state index in [0.29, 0.717) is 6.61 Å². The van der Waals surface area contributed by atoms with Gasteiger partial charge in [-0.1, -0.05) is 56.4 Å². The molecule has 0 aliphatic heterocycles. The van der Waals surface area contributed by atoms with E-state index in [1.807, 2.05) is 0 Å². The van der Waals surface area contributed by atoms with Crippen LogP contribution in [-0.4, -0.2) is 4.99 Å². The van der Waals surface area contributed by atoms with E-state index in [0.717, 1.165) is 34.8 Å². The molecular weight excluding hydrogens is 302 g/mol. The summed E-state index contributed by atoms with van der Waals surface area (Å²) in [6.45, 7) is 8.93. The number of rotatable bonds is 6. The molecule has 122 valence electrons. The van der Waals surface area contributed by atoms with Crippen LogP contribution in [0.5, 0.6) is 5.75 Å². The number of ether oxygens (including phenoxy) is 1. The van der Waals surface area contributed by atoms with Crippen LogP contribution in [0.15, 0.2) is 36.4 Å². The first kappa shape index (κ1) is 17.5. The number of hydrogen-bond acceptors (Lipinski definition) is 2. The Bertz CT molecular complexity index is 694. The molecule has 0 spiro atoms. The van der Waals surface area contributed by atoms with E-state index in [-0.39, 0.29) is 0 Å². The molecule has 0 radical (unpaired) electrons. The van der Waals surface area contributed by atoms with Gasteiger partial charge in [-0.05, 0) is 49.4 Å². The third kappa shape index (κ3) is 4.55. The van der Waals surface area contributed by atoms with Crippen LogP contribution in [0.1, 0.15) is 42.5 Å². The number of thiocarbonyl (C=S) groups is 1. The van der Waals surface area contributed by atoms with E-state index in [1.54, 1.807) is 0 Å². The molecule has 0 heterocycles. The molecule has 0 unspecified atom stereocenters. The first-order valence-electron chi connectivity index (χ1n) is 8.15. The maximum atomic E-state index is 6.05. The summed E-state index contributed by atoms with van der Waals surface area (Å²) in [6, 6.07) is 12.6. The first-order valence-corrected chi connectivity index (χ1v) is 8.56. The standard InChI is InChI=1S/C20H25NOS/c1-5-16-10-11-18(15(4)12-16)22-13-17-9-7-8-14(3)20(17)21-19(23)6-2/h7-12H,5-6,13H2,1-4H3,(H,21,23). The van der Waals surface area contributed by atoms with Gasteiger partial charge in [-0.2, -0.15) is 0 Å². The molecule has 2 aromatic rings. The van der Waals surface area contributed by atoms with Crippen LogP contribution in [0, 0.1) is 13.8 Å². The second-order valence-electron chi connectivity index (χ2n) is 5.75. The van der Waals surface area contributed by atoms with Crippen LogP contribution in [0.4, 0.5) is 5.69 Å². The van der Waals surface area contributed by atoms with Crippen molar-refractivity contribution in [1.82, 2.24) is 0 Å². The summed E-state index contributed by atoms with van der Waals surface area (Å²) in [7, 11) is 0. The Balaban J connectivity index is 2.17. The van der Waals surface area contributed by atoms with Crippen molar-refractivity contribution in [1.29, 1.82) is 0 Å². The molecule has 0 aromatic heterocycles. The molecule has 3 heteroatoms. The smallest absolute Gasteiger partial charge is 0.122 e. The van der Waals surface area contributed by atoms with E-state index in [2.05, 4.69) is 69.4 Å². The van der Waals surface area contributed by atoms with Crippen LogP contribution >= 0.6 is 12.2 Å². The van der Waals surface area contributed by atoms with Crippen molar-refractivity contribution >= 4 is 22.9 Å². The number of nitrogens with one attached hydrogen (secondary N) is 1. The molecule has 0 saturated heterocycles. The van der Waals surface area contributed by atoms with Crippen molar-refractivity contribution < 1.29 is 4.74 Å². The fraction of sp³-hybridized carbons (Fsp3) is 0.350. The minimum Gasteiger partial charge on any atom is -0.489 e. The fourth-order valence-electron chi connectivity index (χ4n) is 2.50. The van der Waals surface area contributed by atoms with E-state index in [9.17, 15) is 0 Å². The predicted molar refractivity (Wildman–Crippen MR) is 103 cm³/mol. The lowest BCUT2D eigenvalue weighted by Crippen LogP contribution is -2.11. The van der Waals surface area contributed by atoms with Gasteiger partial charge < -0.3 is 10.1 Å². The summed E-state index contributed by atoms with van der Waals surface area (Å²) in [5.74, 6) is 0.938. The Hall–Kier alpha value is -1.87. The van der Waals surface area contributed by atoms with Gasteiger partial charge >= 0.3 is 0 Å². The molecular formula is C20H25NOS. The number of hydrogen-bond donors (Lipinski definition) is 1. The van der Waals surface area contributed by atoms with Crippen LogP contribution in [-0.2, 0) is 13.0 Å². The lowest BCUT2D eigenvalue weighted by Gasteiger charge is -2.16. The molecule has 0 saturated carbocycles. The Morgan fingerprint density at radius 2 is 1.87 bits per heavy atom. The lowest BCUT2D eigenvalue weighted by atomic mass is 10.1. The van der Waals surface area contributed by atoms with E-state index in [4.69, 9.17) is 17.0 Å². The highest BCUT2D eigenvalue weighted by molar-refractivity contribution is 7.80. The Morgan fingerprint density at radius 3 is 2.52 bits per heavy atom. The zero-order chi connectivity index (χ0) is 16.8. The van der Waals surface area contributed by atoms with Crippen molar-refractivity contribution in [2.24, 2.45) is 0 Å². The van der Waals surface area contributed by atoms with Gasteiger partial charge in [0.15, 0.2) is 0 Å². The van der Waals surface area contributed by atoms with Crippen LogP contribution in [0.2, 0.25) is 0 Å². The minimum atomic E-state index is 0.530. The Morgan fingerprint density at radius 1 is 1.09 bits per heavy atom. The zero-order valence-electron chi connectivity index (χ0n) is 14.4. The number of benzene rings is 2. The lowest BCUT2D eigenvalue weighted by molar-refractivity contribution is 0.304. The van der Waals surface area contributed by atoms with Crippen molar-refractivity contribution in [3.63, 3.8) is 0 Å². The molecule has 23 heavy (non-hydrogen) atoms. The van der Waals surface area contributed by atoms with E-state index in [1.165, 1.54) is 16.7 Å². The number of aryl methyl sites for hydroxylation is 3. The topological polar surface area (TPSA) is 21.3 Å². The summed E-state index contributed by atoms with van der Waals surface area (Å²) in [4.78, 5) is 0.851. The van der Waals surface area contributed by atoms with Gasteiger partial charge in [-0.3, -0.25) is 0 Å². The van der Waals surface area contributed by atoms with Gasteiger partial charge in [-0.25, -0.2) is 0 Å². The summed E-state index contributed by atoms with van der Waals surface area (Å²) >= 11 is 5.33. The average Bonchev–Trinajstić information content (AvgIpc) is 2.56. The van der Waals surface area contributed by atoms with E-state index >= 15 is 0 Å². The largest absolute Gasteiger partial charge is 0.489 e. The SMILES string of the molecule is CCC(=S)Nc1c(C)cccc1COc1ccc(CC)cc1C. The van der Waals surface area contributed by atoms with Crippen molar-refractivity contribution in [2.45, 2.75) is 47.1 Å². The molecule has 0 atom stereocenters. The van der Waals surface area contributed by atoms with Crippen molar-refractivity contribution in [2.75, 3.05) is 5.32 Å². The molecule has 2 nitrogen and oxygen atoms in total. The monoisotopic (exact) mass is 327 g/mol. The Labute approximate surface area is 144 Å². The summed E-state index contributed by atoms with van der Waals surface area (Å²) in [5, 5.41) is 3.35. The summed E-state index contributed by atoms with van der Waals surface area (Å²) < 4.78 is 6.05. The Kier molecular flexibility index (Phi) is 6.17. The maximum Gasteiger partial charge on any atom is 0.122 e. The van der Waals surface area contributed by atoms with E-state index < -0.39 is 0 Å². The molecule has 2 aromatic carbocycles. The third-order valence-electron chi connectivity index (χ3n) is 3.98. The third-order valence-corrected chi connectivity index (χ3v) is 4.37. The van der Waals surface area contributed by atoms with Gasteiger partial charge in [-0.15, -0.1) is 0 Å². The quantitative estimate of drug-likeness (QED) is 0.698. The van der Waals surface area contributed by atoms with Crippen LogP contribution in [0.25, 0.3) is 0 Å². The maximum absolute atomic E-state index is 6.05. The molecule has 0 fully saturated rings. The van der Waals surface area contributed by atoms with Gasteiger partial charge in [0.2, 0.25) is 0 Å². The van der Waals surface area contributed by atoms with Gasteiger partial charge in [0, 0.05) is 11.3 Å². The minimum absolute atomic E-state index is 0.530. The second kappa shape index (κ2) is 8.11. The van der Waals surface area contributed by atoms with Crippen molar-refractivity contribution in [3.8, 4) is 5.75 Å². The highest BCUT2D eigenvalue weighted by Gasteiger charge is 2.08. The number of para-hydroxylation sites is 1. The molecule has 1 N–H and O–H groups in total. The zero-order valence-corrected chi connectivity index (χ0v) is 15.2. The summed E-state index contributed by atoms with van der Waals surface area (Å²) in [5.41, 5.74) is 5.89.